The van der Waals surface area contributed by atoms with Crippen LogP contribution in [0.2, 0.25) is 0 Å². The molecule has 0 aliphatic carbocycles. The van der Waals surface area contributed by atoms with Gasteiger partial charge in [-0.2, -0.15) is 0 Å². The third kappa shape index (κ3) is 5.50. The maximum absolute atomic E-state index is 13.7. The number of benzene rings is 4. The molecule has 12 heteroatoms. The molecule has 0 atom stereocenters. The van der Waals surface area contributed by atoms with E-state index >= 15 is 0 Å². The van der Waals surface area contributed by atoms with E-state index in [9.17, 15) is 21.6 Å². The third-order valence-electron chi connectivity index (χ3n) is 5.69. The number of nitrogens with one attached hydrogen (secondary N) is 1. The number of hydrogen-bond acceptors (Lipinski definition) is 7. The predicted molar refractivity (Wildman–Crippen MR) is 144 cm³/mol. The summed E-state index contributed by atoms with van der Waals surface area (Å²) in [6.07, 6.45) is 0. The first-order valence-corrected chi connectivity index (χ1v) is 14.1. The number of nitrogens with zero attached hydrogens (tertiary/aromatic N) is 1. The molecule has 0 radical (unpaired) electrons. The lowest BCUT2D eigenvalue weighted by molar-refractivity contribution is -0.116. The summed E-state index contributed by atoms with van der Waals surface area (Å²) in [4.78, 5) is 11.8. The zero-order valence-corrected chi connectivity index (χ0v) is 22.1. The molecule has 0 unspecified atom stereocenters. The Morgan fingerprint density at radius 3 is 1.79 bits per heavy atom. The number of primary amides is 1. The van der Waals surface area contributed by atoms with Crippen molar-refractivity contribution in [1.82, 2.24) is 0 Å². The molecule has 10 nitrogen and oxygen atoms in total. The van der Waals surface area contributed by atoms with Crippen LogP contribution in [0.5, 0.6) is 11.5 Å². The van der Waals surface area contributed by atoms with E-state index in [0.29, 0.717) is 22.3 Å². The second-order valence-corrected chi connectivity index (χ2v) is 11.7. The largest absolute Gasteiger partial charge is 0.497 e. The number of rotatable bonds is 10. The number of fused-ring (bicyclic) bond motifs is 1. The molecule has 0 saturated carbocycles. The first-order valence-electron chi connectivity index (χ1n) is 11.2. The second kappa shape index (κ2) is 10.6. The van der Waals surface area contributed by atoms with Gasteiger partial charge in [-0.25, -0.2) is 16.8 Å². The van der Waals surface area contributed by atoms with Crippen LogP contribution in [0.25, 0.3) is 10.8 Å². The summed E-state index contributed by atoms with van der Waals surface area (Å²) in [6.45, 7) is -0.732. The summed E-state index contributed by atoms with van der Waals surface area (Å²) < 4.78 is 67.6. The van der Waals surface area contributed by atoms with Crippen molar-refractivity contribution in [2.45, 2.75) is 9.79 Å². The summed E-state index contributed by atoms with van der Waals surface area (Å²) in [6, 6.07) is 21.3. The minimum absolute atomic E-state index is 0.0575. The fourth-order valence-electron chi connectivity index (χ4n) is 3.79. The van der Waals surface area contributed by atoms with E-state index in [1.54, 1.807) is 24.3 Å². The van der Waals surface area contributed by atoms with Crippen molar-refractivity contribution in [2.75, 3.05) is 29.8 Å². The fourth-order valence-corrected chi connectivity index (χ4v) is 6.30. The quantitative estimate of drug-likeness (QED) is 0.305. The third-order valence-corrected chi connectivity index (χ3v) is 8.85. The molecule has 4 aromatic rings. The molecule has 0 saturated heterocycles. The number of methoxy groups -OCH3 is 2. The van der Waals surface area contributed by atoms with E-state index in [-0.39, 0.29) is 21.2 Å². The molecule has 3 N–H and O–H groups in total. The number of nitrogens with two attached hydrogens (primary N) is 1. The Kier molecular flexibility index (Phi) is 7.46. The zero-order valence-electron chi connectivity index (χ0n) is 20.5. The van der Waals surface area contributed by atoms with Crippen LogP contribution >= 0.6 is 0 Å². The van der Waals surface area contributed by atoms with Gasteiger partial charge in [0.2, 0.25) is 5.91 Å². The first-order chi connectivity index (χ1) is 18.0. The number of carbonyl (C=O) groups excluding carboxylic acids is 1. The zero-order chi connectivity index (χ0) is 27.5. The van der Waals surface area contributed by atoms with Crippen LogP contribution in [0, 0.1) is 0 Å². The van der Waals surface area contributed by atoms with Gasteiger partial charge in [-0.15, -0.1) is 0 Å². The van der Waals surface area contributed by atoms with Gasteiger partial charge in [-0.3, -0.25) is 13.8 Å². The minimum Gasteiger partial charge on any atom is -0.497 e. The van der Waals surface area contributed by atoms with Crippen molar-refractivity contribution < 1.29 is 31.1 Å². The Morgan fingerprint density at radius 2 is 1.29 bits per heavy atom. The Balaban J connectivity index is 1.89. The highest BCUT2D eigenvalue weighted by atomic mass is 32.2. The molecule has 4 rings (SSSR count). The van der Waals surface area contributed by atoms with Crippen LogP contribution in [-0.4, -0.2) is 43.5 Å². The molecule has 0 heterocycles. The lowest BCUT2D eigenvalue weighted by atomic mass is 10.1. The Bertz CT molecular complexity index is 1690. The van der Waals surface area contributed by atoms with Crippen molar-refractivity contribution in [3.05, 3.63) is 84.9 Å². The van der Waals surface area contributed by atoms with Gasteiger partial charge in [-0.1, -0.05) is 24.3 Å². The molecule has 0 fully saturated rings. The molecular formula is C26H25N3O7S2. The monoisotopic (exact) mass is 555 g/mol. The lowest BCUT2D eigenvalue weighted by Crippen LogP contribution is -2.39. The number of carbonyl (C=O) groups is 1. The summed E-state index contributed by atoms with van der Waals surface area (Å²) in [5.41, 5.74) is 5.31. The number of amides is 1. The second-order valence-electron chi connectivity index (χ2n) is 8.15. The average Bonchev–Trinajstić information content (AvgIpc) is 2.91. The normalized spacial score (nSPS) is 11.6. The van der Waals surface area contributed by atoms with Gasteiger partial charge in [0, 0.05) is 0 Å². The van der Waals surface area contributed by atoms with Crippen molar-refractivity contribution in [2.24, 2.45) is 5.73 Å². The summed E-state index contributed by atoms with van der Waals surface area (Å²) in [5.74, 6) is -0.0307. The van der Waals surface area contributed by atoms with Crippen LogP contribution in [0.15, 0.2) is 94.7 Å². The van der Waals surface area contributed by atoms with Crippen LogP contribution in [-0.2, 0) is 24.8 Å². The van der Waals surface area contributed by atoms with E-state index in [2.05, 4.69) is 4.72 Å². The van der Waals surface area contributed by atoms with E-state index < -0.39 is 32.5 Å². The predicted octanol–water partition coefficient (Wildman–Crippen LogP) is 3.34. The number of anilines is 2. The molecule has 0 aliphatic rings. The smallest absolute Gasteiger partial charge is 0.264 e. The molecule has 38 heavy (non-hydrogen) atoms. The first kappa shape index (κ1) is 26.8. The van der Waals surface area contributed by atoms with Crippen LogP contribution in [0.4, 0.5) is 11.4 Å². The van der Waals surface area contributed by atoms with Crippen LogP contribution in [0.3, 0.4) is 0 Å². The fraction of sp³-hybridized carbons (Fsp3) is 0.115. The van der Waals surface area contributed by atoms with Crippen LogP contribution < -0.4 is 24.2 Å². The molecule has 0 aliphatic heterocycles. The molecular weight excluding hydrogens is 530 g/mol. The maximum Gasteiger partial charge on any atom is 0.264 e. The number of hydrogen-bond donors (Lipinski definition) is 2. The Morgan fingerprint density at radius 1 is 0.789 bits per heavy atom. The SMILES string of the molecule is COc1ccc(S(=O)(=O)Nc2cc3ccccc3cc2N(CC(N)=O)S(=O)(=O)c2ccc(OC)cc2)cc1. The molecule has 198 valence electrons. The molecule has 0 aromatic heterocycles. The standard InChI is InChI=1S/C26H25N3O7S2/c1-35-20-7-11-22(12-8-20)37(31,32)28-24-15-18-5-3-4-6-19(18)16-25(24)29(17-26(27)30)38(33,34)23-13-9-21(36-2)10-14-23/h3-16,28H,17H2,1-2H3,(H2,27,30). The number of sulfonamides is 2. The van der Waals surface area contributed by atoms with Crippen LogP contribution in [0.1, 0.15) is 0 Å². The average molecular weight is 556 g/mol. The summed E-state index contributed by atoms with van der Waals surface area (Å²) in [5, 5.41) is 1.26. The van der Waals surface area contributed by atoms with Crippen molar-refractivity contribution in [1.29, 1.82) is 0 Å². The minimum atomic E-state index is -4.37. The highest BCUT2D eigenvalue weighted by molar-refractivity contribution is 7.93. The van der Waals surface area contributed by atoms with Gasteiger partial charge in [0.1, 0.15) is 18.0 Å². The van der Waals surface area contributed by atoms with E-state index in [4.69, 9.17) is 15.2 Å². The van der Waals surface area contributed by atoms with E-state index in [0.717, 1.165) is 4.31 Å². The highest BCUT2D eigenvalue weighted by Gasteiger charge is 2.30. The Hall–Kier alpha value is -4.29. The van der Waals surface area contributed by atoms with Crippen molar-refractivity contribution in [3.63, 3.8) is 0 Å². The van der Waals surface area contributed by atoms with E-state index in [1.807, 2.05) is 0 Å². The van der Waals surface area contributed by atoms with Gasteiger partial charge in [0.15, 0.2) is 0 Å². The van der Waals surface area contributed by atoms with Gasteiger partial charge in [-0.05, 0) is 71.4 Å². The van der Waals surface area contributed by atoms with Gasteiger partial charge in [0.25, 0.3) is 20.0 Å². The molecule has 0 spiro atoms. The van der Waals surface area contributed by atoms with Gasteiger partial charge >= 0.3 is 0 Å². The number of ether oxygens (including phenoxy) is 2. The maximum atomic E-state index is 13.7. The Labute approximate surface area is 220 Å². The molecule has 1 amide bonds. The topological polar surface area (TPSA) is 145 Å². The van der Waals surface area contributed by atoms with E-state index in [1.165, 1.54) is 74.9 Å². The van der Waals surface area contributed by atoms with Crippen molar-refractivity contribution in [3.8, 4) is 11.5 Å². The highest BCUT2D eigenvalue weighted by Crippen LogP contribution is 2.36. The van der Waals surface area contributed by atoms with Crippen molar-refractivity contribution >= 4 is 48.1 Å². The summed E-state index contributed by atoms with van der Waals surface area (Å²) in [7, 11) is -5.64. The lowest BCUT2D eigenvalue weighted by Gasteiger charge is -2.26. The molecule has 4 aromatic carbocycles. The summed E-state index contributed by atoms with van der Waals surface area (Å²) >= 11 is 0. The van der Waals surface area contributed by atoms with Gasteiger partial charge in [0.05, 0.1) is 35.4 Å². The molecule has 0 bridgehead atoms. The van der Waals surface area contributed by atoms with Gasteiger partial charge < -0.3 is 15.2 Å².